The third-order valence-electron chi connectivity index (χ3n) is 4.14. The van der Waals surface area contributed by atoms with E-state index in [1.807, 2.05) is 12.1 Å². The number of nitriles is 1. The molecular weight excluding hydrogens is 268 g/mol. The standard InChI is InChI=1S/C16H20N2O3/c1-19-14-5-4-12(13-6-7-18(10-13)11-17)9-15(14)21-16-3-2-8-20-16/h4-5,9,13,16H,2-3,6-8,10H2,1H3. The highest BCUT2D eigenvalue weighted by atomic mass is 16.7. The molecule has 0 aromatic heterocycles. The Bertz CT molecular complexity index is 535. The minimum atomic E-state index is -0.173. The van der Waals surface area contributed by atoms with Crippen LogP contribution in [-0.4, -0.2) is 38.0 Å². The van der Waals surface area contributed by atoms with Gasteiger partial charge in [0.2, 0.25) is 0 Å². The van der Waals surface area contributed by atoms with Crippen LogP contribution in [0.15, 0.2) is 18.2 Å². The van der Waals surface area contributed by atoms with Crippen LogP contribution in [0.1, 0.15) is 30.7 Å². The summed E-state index contributed by atoms with van der Waals surface area (Å²) in [5, 5.41) is 8.97. The van der Waals surface area contributed by atoms with Crippen LogP contribution < -0.4 is 9.47 Å². The molecule has 2 unspecified atom stereocenters. The lowest BCUT2D eigenvalue weighted by Gasteiger charge is -2.18. The fourth-order valence-electron chi connectivity index (χ4n) is 2.95. The molecule has 0 aliphatic carbocycles. The van der Waals surface area contributed by atoms with E-state index >= 15 is 0 Å². The Morgan fingerprint density at radius 2 is 2.24 bits per heavy atom. The molecule has 0 saturated carbocycles. The van der Waals surface area contributed by atoms with Gasteiger partial charge in [-0.2, -0.15) is 5.26 Å². The Labute approximate surface area is 125 Å². The second-order valence-corrected chi connectivity index (χ2v) is 5.50. The number of likely N-dealkylation sites (tertiary alicyclic amines) is 1. The normalized spacial score (nSPS) is 24.9. The summed E-state index contributed by atoms with van der Waals surface area (Å²) < 4.78 is 16.8. The van der Waals surface area contributed by atoms with Gasteiger partial charge in [0.1, 0.15) is 0 Å². The lowest BCUT2D eigenvalue weighted by molar-refractivity contribution is -0.0403. The van der Waals surface area contributed by atoms with E-state index in [-0.39, 0.29) is 6.29 Å². The number of hydrogen-bond acceptors (Lipinski definition) is 5. The zero-order valence-electron chi connectivity index (χ0n) is 12.2. The molecule has 1 aromatic rings. The molecule has 2 atom stereocenters. The van der Waals surface area contributed by atoms with Gasteiger partial charge in [0.15, 0.2) is 24.0 Å². The van der Waals surface area contributed by atoms with E-state index < -0.39 is 0 Å². The molecule has 2 heterocycles. The summed E-state index contributed by atoms with van der Waals surface area (Å²) in [6, 6.07) is 6.04. The zero-order valence-corrected chi connectivity index (χ0v) is 12.2. The average molecular weight is 288 g/mol. The van der Waals surface area contributed by atoms with Crippen LogP contribution in [0.5, 0.6) is 11.5 Å². The van der Waals surface area contributed by atoms with E-state index in [1.165, 1.54) is 5.56 Å². The van der Waals surface area contributed by atoms with Crippen LogP contribution in [0.3, 0.4) is 0 Å². The number of ether oxygens (including phenoxy) is 3. The molecule has 0 spiro atoms. The zero-order chi connectivity index (χ0) is 14.7. The van der Waals surface area contributed by atoms with Crippen molar-refractivity contribution in [1.29, 1.82) is 5.26 Å². The minimum absolute atomic E-state index is 0.173. The number of nitrogens with zero attached hydrogens (tertiary/aromatic N) is 2. The summed E-state index contributed by atoms with van der Waals surface area (Å²) in [6.45, 7) is 2.36. The highest BCUT2D eigenvalue weighted by Crippen LogP contribution is 2.35. The SMILES string of the molecule is COc1ccc(C2CCN(C#N)C2)cc1OC1CCCO1. The van der Waals surface area contributed by atoms with Crippen LogP contribution in [0.25, 0.3) is 0 Å². The van der Waals surface area contributed by atoms with Crippen molar-refractivity contribution < 1.29 is 14.2 Å². The molecule has 112 valence electrons. The maximum atomic E-state index is 8.97. The molecule has 2 saturated heterocycles. The molecule has 5 heteroatoms. The molecule has 5 nitrogen and oxygen atoms in total. The van der Waals surface area contributed by atoms with Gasteiger partial charge in [-0.1, -0.05) is 6.07 Å². The van der Waals surface area contributed by atoms with Crippen molar-refractivity contribution in [3.05, 3.63) is 23.8 Å². The van der Waals surface area contributed by atoms with Crippen LogP contribution >= 0.6 is 0 Å². The lowest BCUT2D eigenvalue weighted by atomic mass is 9.98. The van der Waals surface area contributed by atoms with Gasteiger partial charge in [0, 0.05) is 25.4 Å². The number of rotatable bonds is 4. The van der Waals surface area contributed by atoms with Crippen molar-refractivity contribution >= 4 is 0 Å². The first kappa shape index (κ1) is 14.0. The van der Waals surface area contributed by atoms with Crippen molar-refractivity contribution in [1.82, 2.24) is 4.90 Å². The Morgan fingerprint density at radius 1 is 1.33 bits per heavy atom. The van der Waals surface area contributed by atoms with Gasteiger partial charge in [-0.05, 0) is 30.5 Å². The van der Waals surface area contributed by atoms with Gasteiger partial charge in [0.25, 0.3) is 0 Å². The predicted octanol–water partition coefficient (Wildman–Crippen LogP) is 2.48. The molecule has 2 fully saturated rings. The monoisotopic (exact) mass is 288 g/mol. The van der Waals surface area contributed by atoms with Gasteiger partial charge in [-0.25, -0.2) is 0 Å². The summed E-state index contributed by atoms with van der Waals surface area (Å²) in [5.74, 6) is 1.84. The lowest BCUT2D eigenvalue weighted by Crippen LogP contribution is -2.15. The molecule has 2 aliphatic rings. The Balaban J connectivity index is 1.77. The Hall–Kier alpha value is -1.93. The van der Waals surface area contributed by atoms with E-state index in [0.717, 1.165) is 50.5 Å². The van der Waals surface area contributed by atoms with Gasteiger partial charge in [-0.15, -0.1) is 0 Å². The van der Waals surface area contributed by atoms with Gasteiger partial charge in [0.05, 0.1) is 13.7 Å². The van der Waals surface area contributed by atoms with Crippen molar-refractivity contribution in [3.8, 4) is 17.7 Å². The Morgan fingerprint density at radius 3 is 2.90 bits per heavy atom. The first-order valence-corrected chi connectivity index (χ1v) is 7.41. The van der Waals surface area contributed by atoms with E-state index in [1.54, 1.807) is 12.0 Å². The quantitative estimate of drug-likeness (QED) is 0.797. The van der Waals surface area contributed by atoms with Crippen molar-refractivity contribution in [2.45, 2.75) is 31.5 Å². The summed E-state index contributed by atoms with van der Waals surface area (Å²) in [6.07, 6.45) is 4.99. The van der Waals surface area contributed by atoms with Gasteiger partial charge in [-0.3, -0.25) is 0 Å². The highest BCUT2D eigenvalue weighted by molar-refractivity contribution is 5.44. The van der Waals surface area contributed by atoms with Crippen LogP contribution in [0, 0.1) is 11.5 Å². The summed E-state index contributed by atoms with van der Waals surface area (Å²) in [4.78, 5) is 1.80. The molecule has 0 bridgehead atoms. The maximum absolute atomic E-state index is 8.97. The summed E-state index contributed by atoms with van der Waals surface area (Å²) >= 11 is 0. The average Bonchev–Trinajstić information content (AvgIpc) is 3.18. The van der Waals surface area contributed by atoms with Crippen molar-refractivity contribution in [2.75, 3.05) is 26.8 Å². The molecule has 0 amide bonds. The minimum Gasteiger partial charge on any atom is -0.493 e. The third-order valence-corrected chi connectivity index (χ3v) is 4.14. The van der Waals surface area contributed by atoms with E-state index in [4.69, 9.17) is 19.5 Å². The molecule has 2 aliphatic heterocycles. The van der Waals surface area contributed by atoms with Crippen LogP contribution in [0.4, 0.5) is 0 Å². The van der Waals surface area contributed by atoms with Crippen LogP contribution in [-0.2, 0) is 4.74 Å². The molecule has 0 radical (unpaired) electrons. The highest BCUT2D eigenvalue weighted by Gasteiger charge is 2.25. The molecular formula is C16H20N2O3. The molecule has 1 aromatic carbocycles. The summed E-state index contributed by atoms with van der Waals surface area (Å²) in [5.41, 5.74) is 1.20. The van der Waals surface area contributed by atoms with E-state index in [9.17, 15) is 0 Å². The predicted molar refractivity (Wildman–Crippen MR) is 77.1 cm³/mol. The fraction of sp³-hybridized carbons (Fsp3) is 0.562. The molecule has 21 heavy (non-hydrogen) atoms. The second-order valence-electron chi connectivity index (χ2n) is 5.50. The van der Waals surface area contributed by atoms with E-state index in [2.05, 4.69) is 12.3 Å². The van der Waals surface area contributed by atoms with Gasteiger partial charge < -0.3 is 19.1 Å². The number of benzene rings is 1. The largest absolute Gasteiger partial charge is 0.493 e. The van der Waals surface area contributed by atoms with Gasteiger partial charge >= 0.3 is 0 Å². The summed E-state index contributed by atoms with van der Waals surface area (Å²) in [7, 11) is 1.64. The molecule has 3 rings (SSSR count). The first-order chi connectivity index (χ1) is 10.3. The number of hydrogen-bond donors (Lipinski definition) is 0. The Kier molecular flexibility index (Phi) is 4.16. The second kappa shape index (κ2) is 6.23. The topological polar surface area (TPSA) is 54.7 Å². The van der Waals surface area contributed by atoms with Crippen LogP contribution in [0.2, 0.25) is 0 Å². The van der Waals surface area contributed by atoms with E-state index in [0.29, 0.717) is 5.92 Å². The maximum Gasteiger partial charge on any atom is 0.200 e. The third kappa shape index (κ3) is 3.06. The smallest absolute Gasteiger partial charge is 0.200 e. The fourth-order valence-corrected chi connectivity index (χ4v) is 2.95. The first-order valence-electron chi connectivity index (χ1n) is 7.41. The number of methoxy groups -OCH3 is 1. The van der Waals surface area contributed by atoms with Crippen molar-refractivity contribution in [3.63, 3.8) is 0 Å². The van der Waals surface area contributed by atoms with Crippen molar-refractivity contribution in [2.24, 2.45) is 0 Å². The molecule has 0 N–H and O–H groups in total.